The van der Waals surface area contributed by atoms with Crippen molar-refractivity contribution in [3.63, 3.8) is 0 Å². The van der Waals surface area contributed by atoms with Crippen LogP contribution in [0.3, 0.4) is 0 Å². The van der Waals surface area contributed by atoms with Crippen molar-refractivity contribution >= 4 is 50.8 Å². The lowest BCUT2D eigenvalue weighted by Gasteiger charge is -2.06. The van der Waals surface area contributed by atoms with E-state index >= 15 is 0 Å². The van der Waals surface area contributed by atoms with E-state index in [2.05, 4.69) is 47.0 Å². The van der Waals surface area contributed by atoms with Gasteiger partial charge in [-0.1, -0.05) is 66.2 Å². The third kappa shape index (κ3) is 3.57. The first kappa shape index (κ1) is 21.8. The summed E-state index contributed by atoms with van der Waals surface area (Å²) < 4.78 is 3.26. The van der Waals surface area contributed by atoms with Crippen LogP contribution in [-0.2, 0) is 7.05 Å². The Hall–Kier alpha value is -3.73. The Labute approximate surface area is 211 Å². The van der Waals surface area contributed by atoms with Crippen molar-refractivity contribution in [1.82, 2.24) is 4.57 Å². The zero-order valence-corrected chi connectivity index (χ0v) is 20.7. The number of hydrogen-bond acceptors (Lipinski definition) is 3. The Balaban J connectivity index is 1.33. The van der Waals surface area contributed by atoms with E-state index in [0.29, 0.717) is 16.1 Å². The van der Waals surface area contributed by atoms with Gasteiger partial charge in [-0.05, 0) is 59.5 Å². The van der Waals surface area contributed by atoms with E-state index in [9.17, 15) is 9.59 Å². The van der Waals surface area contributed by atoms with Crippen LogP contribution in [0.5, 0.6) is 0 Å². The minimum atomic E-state index is -0.261. The number of carbonyl (C=O) groups excluding carboxylic acids is 2. The smallest absolute Gasteiger partial charge is 0.197 e. The van der Waals surface area contributed by atoms with Gasteiger partial charge in [-0.25, -0.2) is 0 Å². The van der Waals surface area contributed by atoms with Crippen molar-refractivity contribution in [2.24, 2.45) is 7.05 Å². The summed E-state index contributed by atoms with van der Waals surface area (Å²) in [6.45, 7) is 1.83. The predicted octanol–water partition coefficient (Wildman–Crippen LogP) is 8.00. The quantitative estimate of drug-likeness (QED) is 0.188. The molecule has 0 aliphatic heterocycles. The molecule has 0 radical (unpaired) electrons. The summed E-state index contributed by atoms with van der Waals surface area (Å²) in [6.07, 6.45) is 1.72. The molecule has 2 heterocycles. The van der Waals surface area contributed by atoms with E-state index in [4.69, 9.17) is 11.6 Å². The molecule has 2 aromatic heterocycles. The molecule has 0 atom stereocenters. The number of halogens is 1. The van der Waals surface area contributed by atoms with Gasteiger partial charge >= 0.3 is 0 Å². The molecule has 6 rings (SSSR count). The van der Waals surface area contributed by atoms with Gasteiger partial charge in [-0.15, -0.1) is 11.3 Å². The van der Waals surface area contributed by atoms with Crippen LogP contribution in [0.25, 0.3) is 38.7 Å². The van der Waals surface area contributed by atoms with Crippen LogP contribution >= 0.6 is 22.9 Å². The molecule has 3 aromatic carbocycles. The van der Waals surface area contributed by atoms with Gasteiger partial charge in [0.05, 0.1) is 15.8 Å². The van der Waals surface area contributed by atoms with Crippen molar-refractivity contribution in [1.29, 1.82) is 0 Å². The van der Waals surface area contributed by atoms with Crippen LogP contribution < -0.4 is 0 Å². The van der Waals surface area contributed by atoms with Gasteiger partial charge in [0.15, 0.2) is 11.6 Å². The van der Waals surface area contributed by atoms with E-state index in [-0.39, 0.29) is 17.1 Å². The highest BCUT2D eigenvalue weighted by atomic mass is 35.5. The molecule has 5 heteroatoms. The molecular weight excluding hydrogens is 474 g/mol. The number of rotatable bonds is 3. The van der Waals surface area contributed by atoms with Crippen LogP contribution in [-0.4, -0.2) is 16.1 Å². The Kier molecular flexibility index (Phi) is 5.10. The van der Waals surface area contributed by atoms with Gasteiger partial charge in [0.2, 0.25) is 0 Å². The number of thiophene rings is 1. The number of hydrogen-bond donors (Lipinski definition) is 0. The summed E-state index contributed by atoms with van der Waals surface area (Å²) in [5.41, 5.74) is 7.52. The van der Waals surface area contributed by atoms with Crippen LogP contribution in [0.2, 0.25) is 5.02 Å². The molecule has 0 bridgehead atoms. The molecule has 0 N–H and O–H groups in total. The van der Waals surface area contributed by atoms with Crippen molar-refractivity contribution in [2.75, 3.05) is 0 Å². The van der Waals surface area contributed by atoms with Crippen molar-refractivity contribution in [2.45, 2.75) is 6.92 Å². The van der Waals surface area contributed by atoms with E-state index in [1.54, 1.807) is 29.5 Å². The largest absolute Gasteiger partial charge is 0.343 e. The maximum Gasteiger partial charge on any atom is 0.197 e. The van der Waals surface area contributed by atoms with Crippen LogP contribution in [0.15, 0.2) is 84.4 Å². The number of nitrogens with zero attached hydrogens (tertiary/aromatic N) is 1. The third-order valence-corrected chi connectivity index (χ3v) is 8.03. The second-order valence-electron chi connectivity index (χ2n) is 8.79. The summed E-state index contributed by atoms with van der Waals surface area (Å²) in [6, 6.07) is 26.4. The van der Waals surface area contributed by atoms with Crippen LogP contribution in [0, 0.1) is 6.92 Å². The molecule has 170 valence electrons. The first-order valence-corrected chi connectivity index (χ1v) is 12.5. The van der Waals surface area contributed by atoms with E-state index < -0.39 is 0 Å². The second kappa shape index (κ2) is 8.19. The molecule has 3 nitrogen and oxygen atoms in total. The molecule has 0 fully saturated rings. The molecule has 0 spiro atoms. The highest BCUT2D eigenvalue weighted by Gasteiger charge is 2.34. The standard InChI is InChI=1S/C30H20ClNO2S/c1-17-12-22-23(15-25(17)31)30(34)24(29(22)33)13-21-14-27-28(35-21)16-26(32(27)2)20-10-8-19(9-11-20)18-6-4-3-5-7-18/h3-16H,1-2H3/b24-13-. The minimum absolute atomic E-state index is 0.199. The lowest BCUT2D eigenvalue weighted by atomic mass is 10.0. The zero-order valence-electron chi connectivity index (χ0n) is 19.1. The molecule has 0 amide bonds. The normalized spacial score (nSPS) is 14.3. The molecule has 0 unspecified atom stereocenters. The molecule has 35 heavy (non-hydrogen) atoms. The monoisotopic (exact) mass is 493 g/mol. The Morgan fingerprint density at radius 3 is 2.11 bits per heavy atom. The highest BCUT2D eigenvalue weighted by molar-refractivity contribution is 7.19. The summed E-state index contributed by atoms with van der Waals surface area (Å²) in [7, 11) is 2.04. The first-order chi connectivity index (χ1) is 16.9. The van der Waals surface area contributed by atoms with E-state index in [0.717, 1.165) is 31.9 Å². The molecular formula is C30H20ClNO2S. The van der Waals surface area contributed by atoms with Gasteiger partial charge in [0.1, 0.15) is 0 Å². The SMILES string of the molecule is Cc1cc2c(cc1Cl)C(=O)/C(=C\c1cc3c(cc(-c4ccc(-c5ccccc5)cc4)n3C)s1)C2=O. The molecule has 1 aliphatic rings. The number of aromatic nitrogens is 1. The average Bonchev–Trinajstić information content (AvgIpc) is 3.48. The average molecular weight is 494 g/mol. The minimum Gasteiger partial charge on any atom is -0.343 e. The maximum absolute atomic E-state index is 12.9. The topological polar surface area (TPSA) is 39.1 Å². The maximum atomic E-state index is 12.9. The number of ketones is 2. The van der Waals surface area contributed by atoms with Crippen LogP contribution in [0.4, 0.5) is 0 Å². The third-order valence-electron chi connectivity index (χ3n) is 6.60. The van der Waals surface area contributed by atoms with Gasteiger partial charge in [0.25, 0.3) is 0 Å². The molecule has 0 saturated carbocycles. The van der Waals surface area contributed by atoms with Crippen molar-refractivity contribution in [3.05, 3.63) is 111 Å². The van der Waals surface area contributed by atoms with E-state index in [1.807, 2.05) is 38.2 Å². The van der Waals surface area contributed by atoms with Gasteiger partial charge in [0, 0.05) is 33.8 Å². The lowest BCUT2D eigenvalue weighted by molar-refractivity contribution is 0.0990. The Morgan fingerprint density at radius 1 is 0.800 bits per heavy atom. The summed E-state index contributed by atoms with van der Waals surface area (Å²) in [4.78, 5) is 26.7. The Bertz CT molecular complexity index is 1650. The fraction of sp³-hybridized carbons (Fsp3) is 0.0667. The molecule has 5 aromatic rings. The van der Waals surface area contributed by atoms with E-state index in [1.165, 1.54) is 11.1 Å². The Morgan fingerprint density at radius 2 is 1.43 bits per heavy atom. The highest BCUT2D eigenvalue weighted by Crippen LogP contribution is 2.37. The number of benzene rings is 3. The second-order valence-corrected chi connectivity index (χ2v) is 10.3. The van der Waals surface area contributed by atoms with Gasteiger partial charge < -0.3 is 4.57 Å². The lowest BCUT2D eigenvalue weighted by Crippen LogP contribution is -1.99. The first-order valence-electron chi connectivity index (χ1n) is 11.3. The van der Waals surface area contributed by atoms with Crippen LogP contribution in [0.1, 0.15) is 31.2 Å². The number of Topliss-reactive ketones (excluding diaryl/α,β-unsaturated/α-hetero) is 2. The fourth-order valence-corrected chi connectivity index (χ4v) is 5.90. The molecule has 0 saturated heterocycles. The summed E-state index contributed by atoms with van der Waals surface area (Å²) in [5, 5.41) is 0.498. The number of allylic oxidation sites excluding steroid dienone is 1. The predicted molar refractivity (Wildman–Crippen MR) is 144 cm³/mol. The number of aryl methyl sites for hydroxylation is 2. The zero-order chi connectivity index (χ0) is 24.3. The van der Waals surface area contributed by atoms with Crippen molar-refractivity contribution < 1.29 is 9.59 Å². The number of carbonyl (C=O) groups is 2. The van der Waals surface area contributed by atoms with Crippen molar-refractivity contribution in [3.8, 4) is 22.4 Å². The number of fused-ring (bicyclic) bond motifs is 2. The summed E-state index contributed by atoms with van der Waals surface area (Å²) >= 11 is 7.77. The fourth-order valence-electron chi connectivity index (χ4n) is 4.67. The summed E-state index contributed by atoms with van der Waals surface area (Å²) in [5.74, 6) is -0.495. The molecule has 1 aliphatic carbocycles. The van der Waals surface area contributed by atoms with Gasteiger partial charge in [-0.3, -0.25) is 9.59 Å². The van der Waals surface area contributed by atoms with Gasteiger partial charge in [-0.2, -0.15) is 0 Å².